The zero-order valence-corrected chi connectivity index (χ0v) is 16.8. The molecule has 5 heteroatoms. The maximum absolute atomic E-state index is 13.9. The molecule has 1 aliphatic rings. The highest BCUT2D eigenvalue weighted by atomic mass is 19.1. The molecule has 1 fully saturated rings. The predicted octanol–water partition coefficient (Wildman–Crippen LogP) is 4.12. The summed E-state index contributed by atoms with van der Waals surface area (Å²) in [7, 11) is 4.34. The van der Waals surface area contributed by atoms with Gasteiger partial charge in [-0.05, 0) is 63.8 Å². The van der Waals surface area contributed by atoms with Gasteiger partial charge in [-0.3, -0.25) is 4.90 Å². The standard InChI is InChI=1S/C23H27FN4/c1-17-6-4-9-21(12-17)28-15-19(14-27(3)22-10-11-26(2)16-22)23(25-28)18-7-5-8-20(24)13-18/h4-9,12-13,15,22H,10-11,14,16H2,1-3H3/t22-/m0/s1. The van der Waals surface area contributed by atoms with Crippen molar-refractivity contribution < 1.29 is 4.39 Å². The summed E-state index contributed by atoms with van der Waals surface area (Å²) in [6, 6.07) is 15.5. The van der Waals surface area contributed by atoms with Crippen molar-refractivity contribution in [1.82, 2.24) is 19.6 Å². The number of rotatable bonds is 5. The monoisotopic (exact) mass is 378 g/mol. The van der Waals surface area contributed by atoms with E-state index < -0.39 is 0 Å². The molecule has 4 rings (SSSR count). The van der Waals surface area contributed by atoms with Crippen LogP contribution in [-0.2, 0) is 6.54 Å². The zero-order valence-electron chi connectivity index (χ0n) is 16.8. The first kappa shape index (κ1) is 18.8. The fourth-order valence-electron chi connectivity index (χ4n) is 3.98. The van der Waals surface area contributed by atoms with E-state index in [9.17, 15) is 4.39 Å². The molecule has 0 spiro atoms. The lowest BCUT2D eigenvalue weighted by atomic mass is 10.1. The highest BCUT2D eigenvalue weighted by Gasteiger charge is 2.24. The number of hydrogen-bond donors (Lipinski definition) is 0. The number of aromatic nitrogens is 2. The Bertz CT molecular complexity index is 965. The number of nitrogens with zero attached hydrogens (tertiary/aromatic N) is 4. The quantitative estimate of drug-likeness (QED) is 0.667. The molecule has 1 aromatic heterocycles. The van der Waals surface area contributed by atoms with Crippen LogP contribution < -0.4 is 0 Å². The topological polar surface area (TPSA) is 24.3 Å². The Balaban J connectivity index is 1.70. The average molecular weight is 378 g/mol. The molecule has 0 aliphatic carbocycles. The highest BCUT2D eigenvalue weighted by Crippen LogP contribution is 2.27. The lowest BCUT2D eigenvalue weighted by Crippen LogP contribution is -2.33. The van der Waals surface area contributed by atoms with E-state index in [0.29, 0.717) is 6.04 Å². The fraction of sp³-hybridized carbons (Fsp3) is 0.348. The first-order valence-corrected chi connectivity index (χ1v) is 9.80. The van der Waals surface area contributed by atoms with Crippen molar-refractivity contribution in [2.75, 3.05) is 27.2 Å². The summed E-state index contributed by atoms with van der Waals surface area (Å²) in [5.74, 6) is -0.237. The zero-order chi connectivity index (χ0) is 19.7. The Labute approximate surface area is 166 Å². The molecule has 2 heterocycles. The number of likely N-dealkylation sites (tertiary alicyclic amines) is 1. The summed E-state index contributed by atoms with van der Waals surface area (Å²) in [5.41, 5.74) is 4.99. The number of hydrogen-bond acceptors (Lipinski definition) is 3. The molecule has 1 atom stereocenters. The van der Waals surface area contributed by atoms with Gasteiger partial charge in [-0.15, -0.1) is 0 Å². The molecule has 1 saturated heterocycles. The van der Waals surface area contributed by atoms with Crippen molar-refractivity contribution >= 4 is 0 Å². The van der Waals surface area contributed by atoms with Crippen LogP contribution in [0.5, 0.6) is 0 Å². The van der Waals surface area contributed by atoms with E-state index in [2.05, 4.69) is 55.2 Å². The number of aryl methyl sites for hydroxylation is 1. The number of benzene rings is 2. The van der Waals surface area contributed by atoms with E-state index in [1.807, 2.05) is 16.8 Å². The second-order valence-corrected chi connectivity index (χ2v) is 7.92. The Morgan fingerprint density at radius 3 is 2.71 bits per heavy atom. The van der Waals surface area contributed by atoms with E-state index in [0.717, 1.165) is 42.1 Å². The Morgan fingerprint density at radius 2 is 2.00 bits per heavy atom. The second kappa shape index (κ2) is 7.86. The minimum absolute atomic E-state index is 0.237. The van der Waals surface area contributed by atoms with Gasteiger partial charge in [0.1, 0.15) is 5.82 Å². The van der Waals surface area contributed by atoms with Gasteiger partial charge in [0.15, 0.2) is 0 Å². The third-order valence-corrected chi connectivity index (χ3v) is 5.56. The Kier molecular flexibility index (Phi) is 5.29. The SMILES string of the molecule is Cc1cccc(-n2cc(CN(C)[C@H]3CCN(C)C3)c(-c3cccc(F)c3)n2)c1. The minimum Gasteiger partial charge on any atom is -0.305 e. The van der Waals surface area contributed by atoms with Crippen LogP contribution in [0.1, 0.15) is 17.5 Å². The van der Waals surface area contributed by atoms with E-state index in [4.69, 9.17) is 5.10 Å². The van der Waals surface area contributed by atoms with Gasteiger partial charge < -0.3 is 4.90 Å². The van der Waals surface area contributed by atoms with Crippen LogP contribution in [0.15, 0.2) is 54.7 Å². The van der Waals surface area contributed by atoms with Gasteiger partial charge in [0.05, 0.1) is 11.4 Å². The molecule has 0 amide bonds. The second-order valence-electron chi connectivity index (χ2n) is 7.92. The third kappa shape index (κ3) is 4.01. The first-order chi connectivity index (χ1) is 13.5. The number of likely N-dealkylation sites (N-methyl/N-ethyl adjacent to an activating group) is 2. The third-order valence-electron chi connectivity index (χ3n) is 5.56. The van der Waals surface area contributed by atoms with Crippen LogP contribution in [0, 0.1) is 12.7 Å². The van der Waals surface area contributed by atoms with Gasteiger partial charge in [0.25, 0.3) is 0 Å². The van der Waals surface area contributed by atoms with Crippen molar-refractivity contribution in [3.8, 4) is 16.9 Å². The highest BCUT2D eigenvalue weighted by molar-refractivity contribution is 5.63. The van der Waals surface area contributed by atoms with E-state index in [-0.39, 0.29) is 5.82 Å². The van der Waals surface area contributed by atoms with Crippen molar-refractivity contribution in [3.63, 3.8) is 0 Å². The molecule has 4 nitrogen and oxygen atoms in total. The van der Waals surface area contributed by atoms with Gasteiger partial charge >= 0.3 is 0 Å². The maximum atomic E-state index is 13.9. The van der Waals surface area contributed by atoms with Gasteiger partial charge in [-0.2, -0.15) is 5.10 Å². The van der Waals surface area contributed by atoms with Crippen molar-refractivity contribution in [2.45, 2.75) is 25.9 Å². The summed E-state index contributed by atoms with van der Waals surface area (Å²) in [6.07, 6.45) is 3.26. The molecular formula is C23H27FN4. The van der Waals surface area contributed by atoms with Crippen LogP contribution in [-0.4, -0.2) is 52.8 Å². The molecule has 146 valence electrons. The van der Waals surface area contributed by atoms with Crippen LogP contribution in [0.2, 0.25) is 0 Å². The Hall–Kier alpha value is -2.50. The van der Waals surface area contributed by atoms with Crippen molar-refractivity contribution in [2.24, 2.45) is 0 Å². The summed E-state index contributed by atoms with van der Waals surface area (Å²) in [5, 5.41) is 4.84. The van der Waals surface area contributed by atoms with Crippen molar-refractivity contribution in [1.29, 1.82) is 0 Å². The van der Waals surface area contributed by atoms with Crippen LogP contribution >= 0.6 is 0 Å². The van der Waals surface area contributed by atoms with Gasteiger partial charge in [-0.25, -0.2) is 9.07 Å². The lowest BCUT2D eigenvalue weighted by Gasteiger charge is -2.24. The average Bonchev–Trinajstić information content (AvgIpc) is 3.28. The Morgan fingerprint density at radius 1 is 1.18 bits per heavy atom. The summed E-state index contributed by atoms with van der Waals surface area (Å²) >= 11 is 0. The maximum Gasteiger partial charge on any atom is 0.123 e. The van der Waals surface area contributed by atoms with Gasteiger partial charge in [0.2, 0.25) is 0 Å². The molecule has 1 aliphatic heterocycles. The predicted molar refractivity (Wildman–Crippen MR) is 111 cm³/mol. The lowest BCUT2D eigenvalue weighted by molar-refractivity contribution is 0.234. The molecule has 2 aromatic carbocycles. The van der Waals surface area contributed by atoms with E-state index in [1.165, 1.54) is 18.1 Å². The smallest absolute Gasteiger partial charge is 0.123 e. The molecule has 0 unspecified atom stereocenters. The number of halogens is 1. The van der Waals surface area contributed by atoms with Crippen molar-refractivity contribution in [3.05, 3.63) is 71.7 Å². The summed E-state index contributed by atoms with van der Waals surface area (Å²) < 4.78 is 15.8. The molecule has 0 bridgehead atoms. The summed E-state index contributed by atoms with van der Waals surface area (Å²) in [4.78, 5) is 4.76. The van der Waals surface area contributed by atoms with E-state index >= 15 is 0 Å². The van der Waals surface area contributed by atoms with Crippen LogP contribution in [0.4, 0.5) is 4.39 Å². The molecule has 0 radical (unpaired) electrons. The molecule has 0 N–H and O–H groups in total. The largest absolute Gasteiger partial charge is 0.305 e. The molecule has 3 aromatic rings. The molecular weight excluding hydrogens is 351 g/mol. The first-order valence-electron chi connectivity index (χ1n) is 9.80. The van der Waals surface area contributed by atoms with Gasteiger partial charge in [0, 0.05) is 36.5 Å². The molecule has 0 saturated carbocycles. The minimum atomic E-state index is -0.237. The van der Waals surface area contributed by atoms with Crippen LogP contribution in [0.3, 0.4) is 0 Å². The fourth-order valence-corrected chi connectivity index (χ4v) is 3.98. The summed E-state index contributed by atoms with van der Waals surface area (Å²) in [6.45, 7) is 5.08. The van der Waals surface area contributed by atoms with Gasteiger partial charge in [-0.1, -0.05) is 24.3 Å². The molecule has 28 heavy (non-hydrogen) atoms. The van der Waals surface area contributed by atoms with Crippen LogP contribution in [0.25, 0.3) is 16.9 Å². The van der Waals surface area contributed by atoms with E-state index in [1.54, 1.807) is 12.1 Å². The normalized spacial score (nSPS) is 17.5.